The van der Waals surface area contributed by atoms with Crippen molar-refractivity contribution in [2.24, 2.45) is 0 Å². The molecule has 0 amide bonds. The van der Waals surface area contributed by atoms with E-state index < -0.39 is 11.9 Å². The Labute approximate surface area is 102 Å². The van der Waals surface area contributed by atoms with Gasteiger partial charge in [-0.25, -0.2) is 9.59 Å². The highest BCUT2D eigenvalue weighted by Crippen LogP contribution is 2.03. The first kappa shape index (κ1) is 15.2. The number of esters is 2. The van der Waals surface area contributed by atoms with Crippen molar-refractivity contribution in [3.05, 3.63) is 36.0 Å². The lowest BCUT2D eigenvalue weighted by molar-refractivity contribution is -0.146. The molecule has 0 aromatic carbocycles. The molecule has 0 heterocycles. The van der Waals surface area contributed by atoms with Gasteiger partial charge in [-0.1, -0.05) is 24.3 Å². The second-order valence-corrected chi connectivity index (χ2v) is 2.93. The van der Waals surface area contributed by atoms with Gasteiger partial charge in [0.05, 0.1) is 13.2 Å². The molecule has 0 aliphatic heterocycles. The van der Waals surface area contributed by atoms with E-state index in [4.69, 9.17) is 9.47 Å². The molecule has 0 rings (SSSR count). The van der Waals surface area contributed by atoms with Crippen LogP contribution in [0.3, 0.4) is 0 Å². The zero-order valence-corrected chi connectivity index (χ0v) is 10.4. The molecule has 0 atom stereocenters. The number of ether oxygens (including phenoxy) is 2. The average Bonchev–Trinajstić information content (AvgIpc) is 2.29. The SMILES string of the molecule is C/C=C/C=C/C=C(C(=O)OCC)C(=O)OCC. The zero-order valence-electron chi connectivity index (χ0n) is 10.4. The Morgan fingerprint density at radius 2 is 1.47 bits per heavy atom. The van der Waals surface area contributed by atoms with Crippen LogP contribution >= 0.6 is 0 Å². The number of allylic oxidation sites excluding steroid dienone is 5. The molecule has 0 aliphatic carbocycles. The topological polar surface area (TPSA) is 52.6 Å². The molecule has 0 unspecified atom stereocenters. The fourth-order valence-electron chi connectivity index (χ4n) is 0.964. The molecule has 17 heavy (non-hydrogen) atoms. The number of carbonyl (C=O) groups excluding carboxylic acids is 2. The molecule has 94 valence electrons. The molecule has 0 fully saturated rings. The van der Waals surface area contributed by atoms with E-state index in [0.717, 1.165) is 0 Å². The molecular formula is C13H18O4. The Morgan fingerprint density at radius 3 is 1.88 bits per heavy atom. The molecule has 0 bridgehead atoms. The Kier molecular flexibility index (Phi) is 8.37. The smallest absolute Gasteiger partial charge is 0.345 e. The van der Waals surface area contributed by atoms with Crippen molar-refractivity contribution >= 4 is 11.9 Å². The van der Waals surface area contributed by atoms with Gasteiger partial charge in [0.15, 0.2) is 0 Å². The summed E-state index contributed by atoms with van der Waals surface area (Å²) in [7, 11) is 0. The third-order valence-electron chi connectivity index (χ3n) is 1.67. The van der Waals surface area contributed by atoms with E-state index in [1.54, 1.807) is 32.1 Å². The van der Waals surface area contributed by atoms with E-state index in [-0.39, 0.29) is 18.8 Å². The maximum absolute atomic E-state index is 11.5. The van der Waals surface area contributed by atoms with Crippen molar-refractivity contribution < 1.29 is 19.1 Å². The van der Waals surface area contributed by atoms with Gasteiger partial charge in [0.1, 0.15) is 5.57 Å². The number of carbonyl (C=O) groups is 2. The average molecular weight is 238 g/mol. The van der Waals surface area contributed by atoms with Crippen LogP contribution in [0.2, 0.25) is 0 Å². The monoisotopic (exact) mass is 238 g/mol. The lowest BCUT2D eigenvalue weighted by atomic mass is 10.2. The highest BCUT2D eigenvalue weighted by Gasteiger charge is 2.19. The molecule has 0 radical (unpaired) electrons. The van der Waals surface area contributed by atoms with E-state index >= 15 is 0 Å². The molecular weight excluding hydrogens is 220 g/mol. The van der Waals surface area contributed by atoms with Crippen molar-refractivity contribution in [2.75, 3.05) is 13.2 Å². The van der Waals surface area contributed by atoms with E-state index in [1.807, 2.05) is 13.0 Å². The van der Waals surface area contributed by atoms with Crippen LogP contribution in [-0.4, -0.2) is 25.2 Å². The van der Waals surface area contributed by atoms with Crippen LogP contribution in [0.4, 0.5) is 0 Å². The summed E-state index contributed by atoms with van der Waals surface area (Å²) in [6, 6.07) is 0. The minimum atomic E-state index is -0.670. The first-order valence-corrected chi connectivity index (χ1v) is 5.51. The molecule has 0 N–H and O–H groups in total. The minimum absolute atomic E-state index is 0.102. The molecule has 0 aromatic rings. The Bertz CT molecular complexity index is 317. The third kappa shape index (κ3) is 6.35. The van der Waals surface area contributed by atoms with Gasteiger partial charge in [-0.3, -0.25) is 0 Å². The normalized spacial score (nSPS) is 10.5. The largest absolute Gasteiger partial charge is 0.462 e. The minimum Gasteiger partial charge on any atom is -0.462 e. The van der Waals surface area contributed by atoms with Gasteiger partial charge < -0.3 is 9.47 Å². The maximum Gasteiger partial charge on any atom is 0.345 e. The Morgan fingerprint density at radius 1 is 0.941 bits per heavy atom. The maximum atomic E-state index is 11.5. The molecule has 0 aromatic heterocycles. The summed E-state index contributed by atoms with van der Waals surface area (Å²) < 4.78 is 9.54. The molecule has 4 heteroatoms. The van der Waals surface area contributed by atoms with Crippen LogP contribution in [0.15, 0.2) is 36.0 Å². The van der Waals surface area contributed by atoms with Crippen LogP contribution in [0.25, 0.3) is 0 Å². The number of hydrogen-bond donors (Lipinski definition) is 0. The summed E-state index contributed by atoms with van der Waals surface area (Å²) in [5, 5.41) is 0. The van der Waals surface area contributed by atoms with Gasteiger partial charge in [0.2, 0.25) is 0 Å². The van der Waals surface area contributed by atoms with E-state index in [1.165, 1.54) is 6.08 Å². The fraction of sp³-hybridized carbons (Fsp3) is 0.385. The lowest BCUT2D eigenvalue weighted by Crippen LogP contribution is -2.18. The second kappa shape index (κ2) is 9.39. The van der Waals surface area contributed by atoms with Crippen LogP contribution in [0.1, 0.15) is 20.8 Å². The van der Waals surface area contributed by atoms with Crippen molar-refractivity contribution in [3.63, 3.8) is 0 Å². The molecule has 0 spiro atoms. The highest BCUT2D eigenvalue weighted by molar-refractivity contribution is 6.14. The first-order chi connectivity index (χ1) is 8.17. The summed E-state index contributed by atoms with van der Waals surface area (Å²) in [6.07, 6.45) is 8.29. The predicted octanol–water partition coefficient (Wildman–Crippen LogP) is 2.17. The molecule has 4 nitrogen and oxygen atoms in total. The van der Waals surface area contributed by atoms with Gasteiger partial charge in [-0.05, 0) is 26.8 Å². The summed E-state index contributed by atoms with van der Waals surface area (Å²) in [6.45, 7) is 5.65. The first-order valence-electron chi connectivity index (χ1n) is 5.51. The van der Waals surface area contributed by atoms with Gasteiger partial charge in [-0.2, -0.15) is 0 Å². The highest BCUT2D eigenvalue weighted by atomic mass is 16.6. The summed E-state index contributed by atoms with van der Waals surface area (Å²) in [5.74, 6) is -1.34. The van der Waals surface area contributed by atoms with Crippen molar-refractivity contribution in [2.45, 2.75) is 20.8 Å². The van der Waals surface area contributed by atoms with Crippen LogP contribution < -0.4 is 0 Å². The lowest BCUT2D eigenvalue weighted by Gasteiger charge is -2.05. The molecule has 0 aliphatic rings. The van der Waals surface area contributed by atoms with Gasteiger partial charge in [0.25, 0.3) is 0 Å². The molecule has 0 saturated carbocycles. The van der Waals surface area contributed by atoms with E-state index in [9.17, 15) is 9.59 Å². The van der Waals surface area contributed by atoms with Gasteiger partial charge in [0, 0.05) is 0 Å². The summed E-state index contributed by atoms with van der Waals surface area (Å²) in [4.78, 5) is 23.0. The zero-order chi connectivity index (χ0) is 13.1. The third-order valence-corrected chi connectivity index (χ3v) is 1.67. The predicted molar refractivity (Wildman–Crippen MR) is 65.3 cm³/mol. The Balaban J connectivity index is 4.83. The van der Waals surface area contributed by atoms with Crippen LogP contribution in [0.5, 0.6) is 0 Å². The summed E-state index contributed by atoms with van der Waals surface area (Å²) >= 11 is 0. The summed E-state index contributed by atoms with van der Waals surface area (Å²) in [5.41, 5.74) is -0.102. The number of rotatable bonds is 6. The quantitative estimate of drug-likeness (QED) is 0.234. The van der Waals surface area contributed by atoms with Gasteiger partial charge >= 0.3 is 11.9 Å². The second-order valence-electron chi connectivity index (χ2n) is 2.93. The van der Waals surface area contributed by atoms with Crippen molar-refractivity contribution in [1.29, 1.82) is 0 Å². The van der Waals surface area contributed by atoms with Crippen molar-refractivity contribution in [1.82, 2.24) is 0 Å². The van der Waals surface area contributed by atoms with Crippen molar-refractivity contribution in [3.8, 4) is 0 Å². The number of hydrogen-bond acceptors (Lipinski definition) is 4. The molecule has 0 saturated heterocycles. The van der Waals surface area contributed by atoms with E-state index in [0.29, 0.717) is 0 Å². The van der Waals surface area contributed by atoms with E-state index in [2.05, 4.69) is 0 Å². The standard InChI is InChI=1S/C13H18O4/c1-4-7-8-9-10-11(12(14)16-5-2)13(15)17-6-3/h4,7-10H,5-6H2,1-3H3/b7-4+,9-8+. The van der Waals surface area contributed by atoms with Crippen LogP contribution in [-0.2, 0) is 19.1 Å². The van der Waals surface area contributed by atoms with Crippen LogP contribution in [0, 0.1) is 0 Å². The van der Waals surface area contributed by atoms with Gasteiger partial charge in [-0.15, -0.1) is 0 Å². The Hall–Kier alpha value is -1.84. The fourth-order valence-corrected chi connectivity index (χ4v) is 0.964.